The van der Waals surface area contributed by atoms with Gasteiger partial charge in [-0.05, 0) is 121 Å². The van der Waals surface area contributed by atoms with Gasteiger partial charge in [-0.1, -0.05) is 29.3 Å². The van der Waals surface area contributed by atoms with E-state index in [1.807, 2.05) is 45.2 Å². The Morgan fingerprint density at radius 3 is 2.27 bits per heavy atom. The Hall–Kier alpha value is 0.620. The van der Waals surface area contributed by atoms with Crippen LogP contribution in [-0.4, -0.2) is 22.0 Å². The zero-order chi connectivity index (χ0) is 24.5. The Morgan fingerprint density at radius 2 is 1.67 bits per heavy atom. The van der Waals surface area contributed by atoms with Gasteiger partial charge >= 0.3 is 5.97 Å². The maximum atomic E-state index is 12.6. The Morgan fingerprint density at radius 1 is 1.06 bits per heavy atom. The van der Waals surface area contributed by atoms with Crippen molar-refractivity contribution in [1.29, 1.82) is 0 Å². The average Bonchev–Trinajstić information content (AvgIpc) is 2.76. The first-order valence-corrected chi connectivity index (χ1v) is 14.8. The zero-order valence-electron chi connectivity index (χ0n) is 15.5. The maximum Gasteiger partial charge on any atom is 0.337 e. The van der Waals surface area contributed by atoms with Crippen LogP contribution in [-0.2, 0) is 4.79 Å². The first-order chi connectivity index (χ1) is 15.4. The van der Waals surface area contributed by atoms with Gasteiger partial charge in [0, 0.05) is 35.3 Å². The van der Waals surface area contributed by atoms with Crippen LogP contribution in [0.4, 0.5) is 0 Å². The minimum atomic E-state index is -1.17. The van der Waals surface area contributed by atoms with Gasteiger partial charge in [0.25, 0.3) is 0 Å². The fourth-order valence-corrected chi connectivity index (χ4v) is 8.43. The van der Waals surface area contributed by atoms with Gasteiger partial charge in [-0.2, -0.15) is 0 Å². The predicted molar refractivity (Wildman–Crippen MR) is 156 cm³/mol. The summed E-state index contributed by atoms with van der Waals surface area (Å²) < 4.78 is 8.75. The highest BCUT2D eigenvalue weighted by molar-refractivity contribution is 14.1. The van der Waals surface area contributed by atoms with Gasteiger partial charge in [-0.3, -0.25) is 4.79 Å². The molecule has 0 saturated carbocycles. The van der Waals surface area contributed by atoms with E-state index >= 15 is 0 Å². The number of benzene rings is 2. The minimum Gasteiger partial charge on any atom is -0.505 e. The third-order valence-corrected chi connectivity index (χ3v) is 12.4. The fraction of sp³-hybridized carbons (Fsp3) is 0.100. The van der Waals surface area contributed by atoms with Gasteiger partial charge in [-0.15, -0.1) is 0 Å². The average molecular weight is 971 g/mol. The van der Waals surface area contributed by atoms with Gasteiger partial charge in [-0.25, -0.2) is 4.79 Å². The SMILES string of the molecule is O=C1C(I)=CC2C(=C1Cl)Oc1c(cc(I)c(O)c1Cl)C2c1c(Br)c(Br)c(Br)c(Br)c1C(=O)O. The number of aromatic hydroxyl groups is 1. The van der Waals surface area contributed by atoms with E-state index in [-0.39, 0.29) is 32.9 Å². The Balaban J connectivity index is 2.19. The molecule has 2 N–H and O–H groups in total. The molecule has 0 aromatic heterocycles. The van der Waals surface area contributed by atoms with Gasteiger partial charge < -0.3 is 14.9 Å². The van der Waals surface area contributed by atoms with Gasteiger partial charge in [0.05, 0.1) is 12.7 Å². The second-order valence-corrected chi connectivity index (χ2v) is 13.2. The first-order valence-electron chi connectivity index (χ1n) is 8.67. The monoisotopic (exact) mass is 965 g/mol. The number of carbonyl (C=O) groups is 2. The van der Waals surface area contributed by atoms with E-state index in [4.69, 9.17) is 27.9 Å². The van der Waals surface area contributed by atoms with Crippen molar-refractivity contribution >= 4 is 144 Å². The number of carboxylic acids is 1. The lowest BCUT2D eigenvalue weighted by Gasteiger charge is -2.38. The van der Waals surface area contributed by atoms with Crippen LogP contribution in [0.1, 0.15) is 27.4 Å². The molecule has 1 aliphatic carbocycles. The second-order valence-electron chi connectivity index (χ2n) is 6.92. The van der Waals surface area contributed by atoms with E-state index < -0.39 is 23.6 Å². The number of allylic oxidation sites excluding steroid dienone is 3. The molecule has 172 valence electrons. The number of rotatable bonds is 2. The molecule has 0 radical (unpaired) electrons. The first kappa shape index (κ1) is 26.7. The number of ketones is 1. The number of phenols is 1. The van der Waals surface area contributed by atoms with Crippen molar-refractivity contribution < 1.29 is 24.5 Å². The number of carbonyl (C=O) groups excluding carboxylic acids is 1. The normalized spacial score (nSPS) is 19.6. The molecule has 13 heteroatoms. The van der Waals surface area contributed by atoms with E-state index in [0.29, 0.717) is 36.2 Å². The van der Waals surface area contributed by atoms with Gasteiger partial charge in [0.15, 0.2) is 11.5 Å². The van der Waals surface area contributed by atoms with E-state index in [9.17, 15) is 19.8 Å². The van der Waals surface area contributed by atoms with E-state index in [2.05, 4.69) is 63.7 Å². The molecule has 2 atom stereocenters. The number of halogens is 8. The smallest absolute Gasteiger partial charge is 0.337 e. The highest BCUT2D eigenvalue weighted by Gasteiger charge is 2.45. The van der Waals surface area contributed by atoms with Crippen molar-refractivity contribution in [2.24, 2.45) is 5.92 Å². The quantitative estimate of drug-likeness (QED) is 0.179. The van der Waals surface area contributed by atoms with Crippen LogP contribution in [0.25, 0.3) is 0 Å². The van der Waals surface area contributed by atoms with Crippen molar-refractivity contribution in [2.45, 2.75) is 5.92 Å². The van der Waals surface area contributed by atoms with E-state index in [1.54, 1.807) is 12.1 Å². The largest absolute Gasteiger partial charge is 0.505 e. The second kappa shape index (κ2) is 9.82. The predicted octanol–water partition coefficient (Wildman–Crippen LogP) is 8.89. The molecule has 2 unspecified atom stereocenters. The number of phenolic OH excluding ortho intramolecular Hbond substituents is 1. The number of fused-ring (bicyclic) bond motifs is 2. The van der Waals surface area contributed by atoms with Crippen molar-refractivity contribution in [3.63, 3.8) is 0 Å². The molecule has 1 heterocycles. The molecule has 0 saturated heterocycles. The molecule has 1 aliphatic heterocycles. The maximum absolute atomic E-state index is 12.6. The number of ether oxygens (including phenoxy) is 1. The highest BCUT2D eigenvalue weighted by Crippen LogP contribution is 2.57. The van der Waals surface area contributed by atoms with Gasteiger partial charge in [0.1, 0.15) is 15.8 Å². The Labute approximate surface area is 258 Å². The summed E-state index contributed by atoms with van der Waals surface area (Å²) in [5.41, 5.74) is 0.956. The van der Waals surface area contributed by atoms with Crippen LogP contribution in [0.2, 0.25) is 5.02 Å². The summed E-state index contributed by atoms with van der Waals surface area (Å²) in [6, 6.07) is 1.69. The molecule has 0 spiro atoms. The number of hydrogen-bond donors (Lipinski definition) is 2. The number of hydrogen-bond acceptors (Lipinski definition) is 4. The van der Waals surface area contributed by atoms with Crippen molar-refractivity contribution in [3.05, 3.63) is 69.7 Å². The molecular weight excluding hydrogens is 965 g/mol. The molecule has 0 fully saturated rings. The lowest BCUT2D eigenvalue weighted by Crippen LogP contribution is -2.30. The lowest BCUT2D eigenvalue weighted by atomic mass is 9.74. The number of aromatic carboxylic acids is 1. The summed E-state index contributed by atoms with van der Waals surface area (Å²) in [5.74, 6) is -2.80. The summed E-state index contributed by atoms with van der Waals surface area (Å²) in [6.07, 6.45) is 1.70. The summed E-state index contributed by atoms with van der Waals surface area (Å²) in [5, 5.41) is 20.4. The van der Waals surface area contributed by atoms with Crippen LogP contribution < -0.4 is 4.74 Å². The van der Waals surface area contributed by atoms with Crippen molar-refractivity contribution in [2.75, 3.05) is 0 Å². The minimum absolute atomic E-state index is 0.00443. The summed E-state index contributed by atoms with van der Waals surface area (Å²) >= 11 is 30.6. The van der Waals surface area contributed by atoms with E-state index in [1.165, 1.54) is 0 Å². The molecule has 2 aromatic rings. The topological polar surface area (TPSA) is 83.8 Å². The van der Waals surface area contributed by atoms with Crippen molar-refractivity contribution in [1.82, 2.24) is 0 Å². The highest BCUT2D eigenvalue weighted by atomic mass is 127. The molecule has 33 heavy (non-hydrogen) atoms. The molecule has 0 amide bonds. The third-order valence-electron chi connectivity index (χ3n) is 5.17. The summed E-state index contributed by atoms with van der Waals surface area (Å²) in [4.78, 5) is 25.0. The van der Waals surface area contributed by atoms with Crippen LogP contribution in [0.3, 0.4) is 0 Å². The van der Waals surface area contributed by atoms with Crippen molar-refractivity contribution in [3.8, 4) is 11.5 Å². The molecule has 0 bridgehead atoms. The molecule has 2 aliphatic rings. The van der Waals surface area contributed by atoms with Crippen LogP contribution in [0.15, 0.2) is 44.4 Å². The lowest BCUT2D eigenvalue weighted by molar-refractivity contribution is -0.111. The van der Waals surface area contributed by atoms with Crippen LogP contribution in [0, 0.1) is 9.49 Å². The summed E-state index contributed by atoms with van der Waals surface area (Å²) in [6.45, 7) is 0. The third kappa shape index (κ3) is 4.27. The summed E-state index contributed by atoms with van der Waals surface area (Å²) in [7, 11) is 0. The number of carboxylic acid groups (broad SMARTS) is 1. The molecule has 2 aromatic carbocycles. The number of Topliss-reactive ketones (excluding diaryl/α,β-unsaturated/α-hetero) is 1. The van der Waals surface area contributed by atoms with Crippen LogP contribution in [0.5, 0.6) is 11.5 Å². The standard InChI is InChI=1S/C20H6Br4Cl2I2O5/c21-10-8(9(20(31)32)11(22)13(24)12(10)23)7-3-1-5(27)16(29)14(25)18(3)33-19-4(7)2-6(28)17(30)15(19)26/h1-3,7,30H,(H,31,32). The Bertz CT molecular complexity index is 1360. The molecule has 4 rings (SSSR count). The zero-order valence-corrected chi connectivity index (χ0v) is 27.6. The molecular formula is C20H6Br4Cl2I2O5. The van der Waals surface area contributed by atoms with E-state index in [0.717, 1.165) is 0 Å². The fourth-order valence-electron chi connectivity index (χ4n) is 3.77. The van der Waals surface area contributed by atoms with Crippen LogP contribution >= 0.6 is 132 Å². The Kier molecular flexibility index (Phi) is 7.94. The van der Waals surface area contributed by atoms with Gasteiger partial charge in [0.2, 0.25) is 5.78 Å². The molecule has 5 nitrogen and oxygen atoms in total.